The Morgan fingerprint density at radius 2 is 2.00 bits per heavy atom. The highest BCUT2D eigenvalue weighted by molar-refractivity contribution is 7.99. The van der Waals surface area contributed by atoms with Crippen molar-refractivity contribution in [3.05, 3.63) is 48.3 Å². The summed E-state index contributed by atoms with van der Waals surface area (Å²) in [4.78, 5) is 22.5. The van der Waals surface area contributed by atoms with E-state index in [4.69, 9.17) is 9.47 Å². The van der Waals surface area contributed by atoms with Gasteiger partial charge in [0.25, 0.3) is 0 Å². The number of thioether (sulfide) groups is 1. The summed E-state index contributed by atoms with van der Waals surface area (Å²) in [6.07, 6.45) is 1.53. The van der Waals surface area contributed by atoms with Gasteiger partial charge in [0, 0.05) is 19.2 Å². The zero-order valence-corrected chi connectivity index (χ0v) is 14.1. The predicted molar refractivity (Wildman–Crippen MR) is 92.0 cm³/mol. The molecule has 6 nitrogen and oxygen atoms in total. The quantitative estimate of drug-likeness (QED) is 0.451. The lowest BCUT2D eigenvalue weighted by molar-refractivity contribution is -0.141. The Morgan fingerprint density at radius 1 is 1.21 bits per heavy atom. The average molecular weight is 345 g/mol. The molecule has 0 unspecified atom stereocenters. The van der Waals surface area contributed by atoms with Crippen molar-refractivity contribution in [2.24, 2.45) is 0 Å². The number of carbonyl (C=O) groups excluding carboxylic acids is 1. The molecule has 1 fully saturated rings. The first-order valence-electron chi connectivity index (χ1n) is 7.78. The van der Waals surface area contributed by atoms with Crippen molar-refractivity contribution in [1.82, 2.24) is 9.97 Å². The van der Waals surface area contributed by atoms with E-state index in [-0.39, 0.29) is 11.7 Å². The Balaban J connectivity index is 1.48. The van der Waals surface area contributed by atoms with E-state index < -0.39 is 0 Å². The minimum atomic E-state index is -0.254. The van der Waals surface area contributed by atoms with Crippen LogP contribution in [0.1, 0.15) is 5.56 Å². The van der Waals surface area contributed by atoms with Crippen LogP contribution in [-0.2, 0) is 20.9 Å². The molecule has 0 N–H and O–H groups in total. The lowest BCUT2D eigenvalue weighted by Crippen LogP contribution is -2.36. The minimum Gasteiger partial charge on any atom is -0.460 e. The number of anilines is 1. The van der Waals surface area contributed by atoms with Crippen LogP contribution in [0.4, 0.5) is 5.82 Å². The van der Waals surface area contributed by atoms with Gasteiger partial charge in [0.2, 0.25) is 0 Å². The van der Waals surface area contributed by atoms with Gasteiger partial charge in [-0.15, -0.1) is 0 Å². The third-order valence-corrected chi connectivity index (χ3v) is 4.44. The summed E-state index contributed by atoms with van der Waals surface area (Å²) >= 11 is 1.36. The molecule has 126 valence electrons. The smallest absolute Gasteiger partial charge is 0.316 e. The molecular weight excluding hydrogens is 326 g/mol. The number of benzene rings is 1. The SMILES string of the molecule is O=C(CSc1cc(N2CCOCC2)ncn1)OCc1ccccc1. The van der Waals surface area contributed by atoms with E-state index in [0.29, 0.717) is 19.8 Å². The first-order chi connectivity index (χ1) is 11.8. The predicted octanol–water partition coefficient (Wildman–Crippen LogP) is 2.15. The molecular formula is C17H19N3O3S. The van der Waals surface area contributed by atoms with Gasteiger partial charge in [0.15, 0.2) is 0 Å². The van der Waals surface area contributed by atoms with E-state index >= 15 is 0 Å². The molecule has 2 aromatic rings. The maximum Gasteiger partial charge on any atom is 0.316 e. The Labute approximate surface area is 145 Å². The van der Waals surface area contributed by atoms with Crippen LogP contribution < -0.4 is 4.90 Å². The molecule has 1 aliphatic rings. The Kier molecular flexibility index (Phi) is 6.03. The van der Waals surface area contributed by atoms with Crippen LogP contribution in [0.25, 0.3) is 0 Å². The third-order valence-electron chi connectivity index (χ3n) is 3.54. The van der Waals surface area contributed by atoms with Crippen LogP contribution in [0.5, 0.6) is 0 Å². The number of aromatic nitrogens is 2. The second kappa shape index (κ2) is 8.65. The van der Waals surface area contributed by atoms with Gasteiger partial charge < -0.3 is 14.4 Å². The van der Waals surface area contributed by atoms with Gasteiger partial charge in [-0.25, -0.2) is 9.97 Å². The van der Waals surface area contributed by atoms with E-state index in [9.17, 15) is 4.79 Å². The second-order valence-electron chi connectivity index (χ2n) is 5.25. The van der Waals surface area contributed by atoms with Crippen LogP contribution in [-0.4, -0.2) is 48.0 Å². The van der Waals surface area contributed by atoms with Crippen molar-refractivity contribution < 1.29 is 14.3 Å². The molecule has 1 aromatic heterocycles. The topological polar surface area (TPSA) is 64.6 Å². The number of rotatable bonds is 6. The number of carbonyl (C=O) groups is 1. The highest BCUT2D eigenvalue weighted by atomic mass is 32.2. The summed E-state index contributed by atoms with van der Waals surface area (Å²) in [7, 11) is 0. The van der Waals surface area contributed by atoms with E-state index in [1.807, 2.05) is 36.4 Å². The number of ether oxygens (including phenoxy) is 2. The summed E-state index contributed by atoms with van der Waals surface area (Å²) in [5, 5.41) is 0.767. The van der Waals surface area contributed by atoms with Gasteiger partial charge >= 0.3 is 5.97 Å². The number of hydrogen-bond acceptors (Lipinski definition) is 7. The van der Waals surface area contributed by atoms with Crippen LogP contribution in [0.3, 0.4) is 0 Å². The van der Waals surface area contributed by atoms with Gasteiger partial charge in [-0.05, 0) is 5.56 Å². The van der Waals surface area contributed by atoms with E-state index in [1.165, 1.54) is 18.1 Å². The van der Waals surface area contributed by atoms with Crippen molar-refractivity contribution in [1.29, 1.82) is 0 Å². The summed E-state index contributed by atoms with van der Waals surface area (Å²) in [5.74, 6) is 0.843. The zero-order valence-electron chi connectivity index (χ0n) is 13.3. The van der Waals surface area contributed by atoms with Crippen molar-refractivity contribution >= 4 is 23.5 Å². The largest absolute Gasteiger partial charge is 0.460 e. The molecule has 0 bridgehead atoms. The number of nitrogens with zero attached hydrogens (tertiary/aromatic N) is 3. The Bertz CT molecular complexity index is 663. The lowest BCUT2D eigenvalue weighted by Gasteiger charge is -2.27. The van der Waals surface area contributed by atoms with Gasteiger partial charge in [0.05, 0.1) is 19.0 Å². The fourth-order valence-electron chi connectivity index (χ4n) is 2.29. The summed E-state index contributed by atoms with van der Waals surface area (Å²) in [6, 6.07) is 11.5. The molecule has 0 spiro atoms. The van der Waals surface area contributed by atoms with Crippen molar-refractivity contribution in [3.63, 3.8) is 0 Å². The number of morpholine rings is 1. The molecule has 1 aromatic carbocycles. The lowest BCUT2D eigenvalue weighted by atomic mass is 10.2. The van der Waals surface area contributed by atoms with E-state index in [2.05, 4.69) is 14.9 Å². The molecule has 0 aliphatic carbocycles. The monoisotopic (exact) mass is 345 g/mol. The second-order valence-corrected chi connectivity index (χ2v) is 6.24. The molecule has 24 heavy (non-hydrogen) atoms. The van der Waals surface area contributed by atoms with E-state index in [0.717, 1.165) is 29.5 Å². The van der Waals surface area contributed by atoms with Crippen molar-refractivity contribution in [3.8, 4) is 0 Å². The average Bonchev–Trinajstić information content (AvgIpc) is 2.66. The molecule has 7 heteroatoms. The van der Waals surface area contributed by atoms with Crippen LogP contribution in [0.15, 0.2) is 47.8 Å². The van der Waals surface area contributed by atoms with Crippen LogP contribution in [0, 0.1) is 0 Å². The molecule has 0 radical (unpaired) electrons. The number of esters is 1. The third kappa shape index (κ3) is 4.94. The van der Waals surface area contributed by atoms with Gasteiger partial charge in [-0.3, -0.25) is 4.79 Å². The van der Waals surface area contributed by atoms with Crippen LogP contribution in [0.2, 0.25) is 0 Å². The number of hydrogen-bond donors (Lipinski definition) is 0. The maximum absolute atomic E-state index is 11.9. The van der Waals surface area contributed by atoms with Crippen LogP contribution >= 0.6 is 11.8 Å². The first kappa shape index (κ1) is 16.7. The summed E-state index contributed by atoms with van der Waals surface area (Å²) in [6.45, 7) is 3.35. The van der Waals surface area contributed by atoms with Gasteiger partial charge in [-0.1, -0.05) is 42.1 Å². The Morgan fingerprint density at radius 3 is 2.79 bits per heavy atom. The summed E-state index contributed by atoms with van der Waals surface area (Å²) < 4.78 is 10.6. The van der Waals surface area contributed by atoms with Gasteiger partial charge in [0.1, 0.15) is 23.8 Å². The minimum absolute atomic E-state index is 0.229. The fourth-order valence-corrected chi connectivity index (χ4v) is 2.95. The molecule has 3 rings (SSSR count). The van der Waals surface area contributed by atoms with E-state index in [1.54, 1.807) is 0 Å². The summed E-state index contributed by atoms with van der Waals surface area (Å²) in [5.41, 5.74) is 0.979. The van der Waals surface area contributed by atoms with Crippen molar-refractivity contribution in [2.75, 3.05) is 37.0 Å². The highest BCUT2D eigenvalue weighted by Gasteiger charge is 2.13. The molecule has 1 saturated heterocycles. The fraction of sp³-hybridized carbons (Fsp3) is 0.353. The molecule has 1 aliphatic heterocycles. The molecule has 0 amide bonds. The van der Waals surface area contributed by atoms with Crippen molar-refractivity contribution in [2.45, 2.75) is 11.6 Å². The maximum atomic E-state index is 11.9. The zero-order chi connectivity index (χ0) is 16.6. The molecule has 0 atom stereocenters. The molecule has 0 saturated carbocycles. The molecule has 2 heterocycles. The highest BCUT2D eigenvalue weighted by Crippen LogP contribution is 2.20. The first-order valence-corrected chi connectivity index (χ1v) is 8.77. The normalized spacial score (nSPS) is 14.4. The standard InChI is InChI=1S/C17H19N3O3S/c21-17(23-11-14-4-2-1-3-5-14)12-24-16-10-15(18-13-19-16)20-6-8-22-9-7-20/h1-5,10,13H,6-9,11-12H2. The Hall–Kier alpha value is -2.12. The van der Waals surface area contributed by atoms with Gasteiger partial charge in [-0.2, -0.15) is 0 Å².